The highest BCUT2D eigenvalue weighted by Crippen LogP contribution is 2.67. The second-order valence-corrected chi connectivity index (χ2v) is 13.9. The van der Waals surface area contributed by atoms with Crippen LogP contribution in [0.25, 0.3) is 0 Å². The second kappa shape index (κ2) is 10.3. The minimum absolute atomic E-state index is 0.00816. The molecule has 5 aliphatic rings. The molecule has 0 amide bonds. The molecular formula is C33H52N2O2. The molecule has 9 atom stereocenters. The van der Waals surface area contributed by atoms with E-state index in [1.54, 1.807) is 23.6 Å². The highest BCUT2D eigenvalue weighted by molar-refractivity contribution is 5.66. The molecule has 3 saturated carbocycles. The number of likely N-dealkylation sites (N-methyl/N-ethyl adjacent to an activating group) is 2. The number of allylic oxidation sites excluding steroid dienone is 4. The van der Waals surface area contributed by atoms with Gasteiger partial charge in [0.25, 0.3) is 0 Å². The number of carbonyl (C=O) groups excluding carboxylic acids is 1. The fourth-order valence-electron chi connectivity index (χ4n) is 9.87. The van der Waals surface area contributed by atoms with Gasteiger partial charge >= 0.3 is 5.97 Å². The van der Waals surface area contributed by atoms with Crippen LogP contribution < -0.4 is 5.32 Å². The zero-order valence-corrected chi connectivity index (χ0v) is 24.6. The lowest BCUT2D eigenvalue weighted by Crippen LogP contribution is -2.58. The Balaban J connectivity index is 1.36. The van der Waals surface area contributed by atoms with E-state index in [4.69, 9.17) is 4.74 Å². The Hall–Kier alpha value is -1.39. The summed E-state index contributed by atoms with van der Waals surface area (Å²) < 4.78 is 6.01. The summed E-state index contributed by atoms with van der Waals surface area (Å²) in [7, 11) is 4.26. The van der Waals surface area contributed by atoms with Gasteiger partial charge in [0.15, 0.2) is 0 Å². The van der Waals surface area contributed by atoms with Crippen LogP contribution in [-0.2, 0) is 9.53 Å². The average molecular weight is 509 g/mol. The van der Waals surface area contributed by atoms with E-state index in [1.165, 1.54) is 45.1 Å². The molecule has 4 nitrogen and oxygen atoms in total. The smallest absolute Gasteiger partial charge is 0.302 e. The van der Waals surface area contributed by atoms with Gasteiger partial charge in [-0.3, -0.25) is 4.79 Å². The largest absolute Gasteiger partial charge is 0.461 e. The van der Waals surface area contributed by atoms with Crippen molar-refractivity contribution in [1.82, 2.24) is 10.2 Å². The molecule has 37 heavy (non-hydrogen) atoms. The SMILES string of the molecule is CN[C@@H]1CC[C@@]2(C)C(CC=C3[C@@H]4CC[C@H]([C@@H](C)/C=C/C5=C(C)CN(C)CC5)[C@@]4(C)CC[C@@H]32)[C@H]1OC(C)=O. The van der Waals surface area contributed by atoms with Crippen molar-refractivity contribution in [2.45, 2.75) is 98.1 Å². The van der Waals surface area contributed by atoms with Gasteiger partial charge in [0, 0.05) is 32.0 Å². The summed E-state index contributed by atoms with van der Waals surface area (Å²) in [6.45, 7) is 13.8. The Morgan fingerprint density at radius 1 is 1.16 bits per heavy atom. The summed E-state index contributed by atoms with van der Waals surface area (Å²) in [5.74, 6) is 3.05. The molecule has 0 aromatic rings. The molecule has 1 aliphatic heterocycles. The fraction of sp³-hybridized carbons (Fsp3) is 0.788. The van der Waals surface area contributed by atoms with E-state index < -0.39 is 0 Å². The van der Waals surface area contributed by atoms with Crippen molar-refractivity contribution in [2.75, 3.05) is 27.2 Å². The van der Waals surface area contributed by atoms with E-state index in [2.05, 4.69) is 63.2 Å². The second-order valence-electron chi connectivity index (χ2n) is 13.9. The van der Waals surface area contributed by atoms with Crippen molar-refractivity contribution in [3.05, 3.63) is 34.9 Å². The summed E-state index contributed by atoms with van der Waals surface area (Å²) >= 11 is 0. The van der Waals surface area contributed by atoms with Gasteiger partial charge in [-0.15, -0.1) is 0 Å². The first-order valence-electron chi connectivity index (χ1n) is 15.2. The molecule has 3 fully saturated rings. The summed E-state index contributed by atoms with van der Waals surface area (Å²) in [6, 6.07) is 0.276. The molecule has 1 unspecified atom stereocenters. The van der Waals surface area contributed by atoms with Crippen LogP contribution in [-0.4, -0.2) is 50.2 Å². The quantitative estimate of drug-likeness (QED) is 0.338. The predicted octanol–water partition coefficient (Wildman–Crippen LogP) is 6.54. The molecule has 1 heterocycles. The number of rotatable bonds is 5. The third kappa shape index (κ3) is 4.69. The van der Waals surface area contributed by atoms with E-state index in [1.807, 2.05) is 7.05 Å². The van der Waals surface area contributed by atoms with Gasteiger partial charge in [-0.2, -0.15) is 0 Å². The van der Waals surface area contributed by atoms with E-state index in [0.29, 0.717) is 23.2 Å². The molecule has 0 saturated heterocycles. The summed E-state index contributed by atoms with van der Waals surface area (Å²) in [6.07, 6.45) is 17.6. The van der Waals surface area contributed by atoms with Crippen LogP contribution in [0.1, 0.15) is 86.0 Å². The topological polar surface area (TPSA) is 41.6 Å². The minimum Gasteiger partial charge on any atom is -0.461 e. The zero-order valence-electron chi connectivity index (χ0n) is 24.6. The van der Waals surface area contributed by atoms with E-state index >= 15 is 0 Å². The number of ether oxygens (including phenoxy) is 1. The molecule has 5 rings (SSSR count). The fourth-order valence-corrected chi connectivity index (χ4v) is 9.87. The number of hydrogen-bond donors (Lipinski definition) is 1. The predicted molar refractivity (Wildman–Crippen MR) is 152 cm³/mol. The number of nitrogens with one attached hydrogen (secondary N) is 1. The number of esters is 1. The van der Waals surface area contributed by atoms with Crippen LogP contribution in [0.15, 0.2) is 34.9 Å². The first-order valence-corrected chi connectivity index (χ1v) is 15.2. The van der Waals surface area contributed by atoms with Crippen molar-refractivity contribution >= 4 is 5.97 Å². The van der Waals surface area contributed by atoms with Crippen LogP contribution in [0.5, 0.6) is 0 Å². The molecular weight excluding hydrogens is 456 g/mol. The lowest BCUT2D eigenvalue weighted by Gasteiger charge is -2.59. The van der Waals surface area contributed by atoms with Gasteiger partial charge in [0.05, 0.1) is 0 Å². The van der Waals surface area contributed by atoms with Gasteiger partial charge in [-0.1, -0.05) is 50.1 Å². The van der Waals surface area contributed by atoms with Gasteiger partial charge in [-0.05, 0) is 112 Å². The van der Waals surface area contributed by atoms with Crippen LogP contribution in [0.3, 0.4) is 0 Å². The lowest BCUT2D eigenvalue weighted by molar-refractivity contribution is -0.162. The van der Waals surface area contributed by atoms with Gasteiger partial charge in [0.2, 0.25) is 0 Å². The third-order valence-corrected chi connectivity index (χ3v) is 12.0. The maximum atomic E-state index is 12.0. The van der Waals surface area contributed by atoms with Crippen LogP contribution in [0.4, 0.5) is 0 Å². The monoisotopic (exact) mass is 508 g/mol. The molecule has 4 heteroatoms. The van der Waals surface area contributed by atoms with Gasteiger partial charge < -0.3 is 15.0 Å². The summed E-state index contributed by atoms with van der Waals surface area (Å²) in [4.78, 5) is 14.5. The van der Waals surface area contributed by atoms with Crippen LogP contribution in [0.2, 0.25) is 0 Å². The van der Waals surface area contributed by atoms with Crippen molar-refractivity contribution < 1.29 is 9.53 Å². The zero-order chi connectivity index (χ0) is 26.5. The Morgan fingerprint density at radius 2 is 1.89 bits per heavy atom. The van der Waals surface area contributed by atoms with E-state index in [9.17, 15) is 4.79 Å². The Morgan fingerprint density at radius 3 is 2.59 bits per heavy atom. The molecule has 4 aliphatic carbocycles. The van der Waals surface area contributed by atoms with Gasteiger partial charge in [-0.25, -0.2) is 0 Å². The number of nitrogens with zero attached hydrogens (tertiary/aromatic N) is 1. The third-order valence-electron chi connectivity index (χ3n) is 12.0. The number of carbonyl (C=O) groups is 1. The number of hydrogen-bond acceptors (Lipinski definition) is 4. The first kappa shape index (κ1) is 27.2. The summed E-state index contributed by atoms with van der Waals surface area (Å²) in [5, 5.41) is 3.47. The maximum Gasteiger partial charge on any atom is 0.302 e. The highest BCUT2D eigenvalue weighted by Gasteiger charge is 2.60. The Labute approximate surface area is 226 Å². The van der Waals surface area contributed by atoms with Crippen LogP contribution in [0, 0.1) is 40.4 Å². The van der Waals surface area contributed by atoms with E-state index in [-0.39, 0.29) is 23.5 Å². The maximum absolute atomic E-state index is 12.0. The average Bonchev–Trinajstić information content (AvgIpc) is 3.20. The Kier molecular flexibility index (Phi) is 7.57. The summed E-state index contributed by atoms with van der Waals surface area (Å²) in [5.41, 5.74) is 5.54. The molecule has 0 bridgehead atoms. The highest BCUT2D eigenvalue weighted by atomic mass is 16.5. The van der Waals surface area contributed by atoms with Crippen LogP contribution >= 0.6 is 0 Å². The standard InChI is InChI=1S/C33H52N2O2/c1-21(8-9-24-16-19-35(7)20-22(24)2)26-12-13-27-25-10-11-29-31(37-23(3)36)30(34-6)15-18-33(29,5)28(25)14-17-32(26,27)4/h8-10,21,26-31,34H,11-20H2,1-7H3/b9-8+/t21-,26+,27-,28-,29?,30+,31+,32+,33+/m0/s1. The molecule has 0 spiro atoms. The van der Waals surface area contributed by atoms with Gasteiger partial charge in [0.1, 0.15) is 6.10 Å². The van der Waals surface area contributed by atoms with Crippen molar-refractivity contribution in [2.24, 2.45) is 40.4 Å². The molecule has 206 valence electrons. The normalized spacial score (nSPS) is 43.2. The Bertz CT molecular complexity index is 981. The molecule has 0 radical (unpaired) electrons. The molecule has 0 aromatic heterocycles. The number of fused-ring (bicyclic) bond motifs is 5. The first-order chi connectivity index (χ1) is 17.6. The minimum atomic E-state index is -0.132. The van der Waals surface area contributed by atoms with Crippen molar-refractivity contribution in [3.8, 4) is 0 Å². The van der Waals surface area contributed by atoms with E-state index in [0.717, 1.165) is 31.2 Å². The van der Waals surface area contributed by atoms with Crippen molar-refractivity contribution in [1.29, 1.82) is 0 Å². The molecule has 1 N–H and O–H groups in total. The molecule has 0 aromatic carbocycles. The lowest BCUT2D eigenvalue weighted by atomic mass is 9.47. The van der Waals surface area contributed by atoms with Crippen molar-refractivity contribution in [3.63, 3.8) is 0 Å².